The first-order chi connectivity index (χ1) is 8.20. The predicted octanol–water partition coefficient (Wildman–Crippen LogP) is 3.43. The average molecular weight is 272 g/mol. The van der Waals surface area contributed by atoms with Crippen molar-refractivity contribution in [1.82, 2.24) is 4.72 Å². The van der Waals surface area contributed by atoms with Crippen molar-refractivity contribution in [2.45, 2.75) is 11.3 Å². The van der Waals surface area contributed by atoms with E-state index in [0.29, 0.717) is 12.5 Å². The van der Waals surface area contributed by atoms with Crippen LogP contribution in [0.3, 0.4) is 0 Å². The number of guanidine groups is 1. The number of nitrogens with zero attached hydrogens (tertiary/aromatic N) is 1. The predicted molar refractivity (Wildman–Crippen MR) is 71.1 cm³/mol. The molecule has 0 unspecified atom stereocenters. The molecule has 0 spiro atoms. The lowest BCUT2D eigenvalue weighted by molar-refractivity contribution is 0.625. The fraction of sp³-hybridized carbons (Fsp3) is 0.182. The number of anilines is 1. The number of nitrogens with one attached hydrogen (secondary N) is 2. The molecule has 2 rings (SSSR count). The van der Waals surface area contributed by atoms with Crippen LogP contribution in [0.1, 0.15) is 6.42 Å². The fourth-order valence-electron chi connectivity index (χ4n) is 1.31. The molecule has 1 aliphatic heterocycles. The summed E-state index contributed by atoms with van der Waals surface area (Å²) < 4.78 is 16.2. The number of rotatable bonds is 3. The summed E-state index contributed by atoms with van der Waals surface area (Å²) in [5.41, 5.74) is 0.762. The maximum Gasteiger partial charge on any atom is 0.206 e. The van der Waals surface area contributed by atoms with Crippen LogP contribution in [0.2, 0.25) is 5.02 Å². The molecule has 6 heteroatoms. The minimum atomic E-state index is -0.423. The summed E-state index contributed by atoms with van der Waals surface area (Å²) in [6.07, 6.45) is 2.62. The zero-order valence-corrected chi connectivity index (χ0v) is 10.5. The molecule has 0 bridgehead atoms. The number of benzene rings is 1. The van der Waals surface area contributed by atoms with E-state index in [9.17, 15) is 4.39 Å². The molecule has 0 saturated carbocycles. The first kappa shape index (κ1) is 12.3. The first-order valence-electron chi connectivity index (χ1n) is 5.05. The number of fused-ring (bicyclic) bond motifs is 1. The van der Waals surface area contributed by atoms with E-state index in [0.717, 1.165) is 17.0 Å². The van der Waals surface area contributed by atoms with E-state index in [-0.39, 0.29) is 5.02 Å². The molecule has 0 radical (unpaired) electrons. The van der Waals surface area contributed by atoms with Crippen molar-refractivity contribution in [3.63, 3.8) is 0 Å². The van der Waals surface area contributed by atoms with Crippen LogP contribution in [0.25, 0.3) is 0 Å². The van der Waals surface area contributed by atoms with Crippen LogP contribution >= 0.6 is 23.5 Å². The first-order valence-corrected chi connectivity index (χ1v) is 6.24. The monoisotopic (exact) mass is 271 g/mol. The molecule has 0 aromatic heterocycles. The maximum absolute atomic E-state index is 13.2. The third-order valence-corrected chi connectivity index (χ3v) is 3.28. The number of hydrogen-bond acceptors (Lipinski definition) is 2. The van der Waals surface area contributed by atoms with Gasteiger partial charge >= 0.3 is 0 Å². The molecule has 1 heterocycles. The molecule has 17 heavy (non-hydrogen) atoms. The molecule has 1 aromatic rings. The number of aliphatic imine (C=N–C) groups is 1. The lowest BCUT2D eigenvalue weighted by Crippen LogP contribution is -2.29. The Morgan fingerprint density at radius 1 is 1.53 bits per heavy atom. The Morgan fingerprint density at radius 2 is 2.35 bits per heavy atom. The van der Waals surface area contributed by atoms with Gasteiger partial charge in [0.15, 0.2) is 0 Å². The lowest BCUT2D eigenvalue weighted by Gasteiger charge is -2.20. The van der Waals surface area contributed by atoms with E-state index in [2.05, 4.69) is 21.6 Å². The van der Waals surface area contributed by atoms with Gasteiger partial charge in [0, 0.05) is 6.54 Å². The fourth-order valence-corrected chi connectivity index (χ4v) is 2.17. The van der Waals surface area contributed by atoms with Crippen molar-refractivity contribution in [2.24, 2.45) is 4.99 Å². The summed E-state index contributed by atoms with van der Waals surface area (Å²) >= 11 is 7.03. The zero-order chi connectivity index (χ0) is 12.3. The normalized spacial score (nSPS) is 16.0. The Labute approximate surface area is 108 Å². The second-order valence-corrected chi connectivity index (χ2v) is 4.65. The highest BCUT2D eigenvalue weighted by Gasteiger charge is 2.16. The lowest BCUT2D eigenvalue weighted by atomic mass is 10.3. The van der Waals surface area contributed by atoms with Gasteiger partial charge in [-0.05, 0) is 30.5 Å². The molecule has 0 aliphatic carbocycles. The molecule has 0 atom stereocenters. The Bertz CT molecular complexity index is 476. The molecular weight excluding hydrogens is 261 g/mol. The van der Waals surface area contributed by atoms with Crippen LogP contribution < -0.4 is 10.0 Å². The third kappa shape index (κ3) is 2.92. The molecule has 0 fully saturated rings. The standard InChI is InChI=1S/C11H11ClFN3S/c1-2-3-4-14-11-15-9-5-7(12)8(13)6-10(9)17-16-11/h2,5-6H,1,3-4H2,(H2,14,15,16). The minimum absolute atomic E-state index is 0.101. The molecule has 0 saturated heterocycles. The van der Waals surface area contributed by atoms with Crippen molar-refractivity contribution >= 4 is 35.2 Å². The van der Waals surface area contributed by atoms with Crippen LogP contribution in [0.15, 0.2) is 34.7 Å². The van der Waals surface area contributed by atoms with Gasteiger partial charge in [-0.15, -0.1) is 6.58 Å². The van der Waals surface area contributed by atoms with E-state index >= 15 is 0 Å². The topological polar surface area (TPSA) is 36.4 Å². The second kappa shape index (κ2) is 5.42. The number of hydrogen-bond donors (Lipinski definition) is 2. The summed E-state index contributed by atoms with van der Waals surface area (Å²) in [5, 5.41) is 3.16. The summed E-state index contributed by atoms with van der Waals surface area (Å²) in [5.74, 6) is 0.223. The Kier molecular flexibility index (Phi) is 3.91. The Hall–Kier alpha value is -1.20. The van der Waals surface area contributed by atoms with Gasteiger partial charge in [0.05, 0.1) is 15.6 Å². The van der Waals surface area contributed by atoms with Gasteiger partial charge in [-0.3, -0.25) is 9.71 Å². The average Bonchev–Trinajstić information content (AvgIpc) is 2.31. The van der Waals surface area contributed by atoms with Gasteiger partial charge in [-0.25, -0.2) is 4.39 Å². The molecule has 1 aliphatic rings. The van der Waals surface area contributed by atoms with E-state index in [1.54, 1.807) is 12.1 Å². The van der Waals surface area contributed by atoms with Crippen molar-refractivity contribution in [1.29, 1.82) is 0 Å². The van der Waals surface area contributed by atoms with Gasteiger partial charge in [0.25, 0.3) is 0 Å². The molecule has 2 N–H and O–H groups in total. The highest BCUT2D eigenvalue weighted by molar-refractivity contribution is 7.98. The third-order valence-electron chi connectivity index (χ3n) is 2.14. The number of halogens is 2. The second-order valence-electron chi connectivity index (χ2n) is 3.40. The van der Waals surface area contributed by atoms with E-state index in [4.69, 9.17) is 11.6 Å². The smallest absolute Gasteiger partial charge is 0.206 e. The van der Waals surface area contributed by atoms with Gasteiger partial charge in [0.2, 0.25) is 5.96 Å². The van der Waals surface area contributed by atoms with Crippen molar-refractivity contribution in [2.75, 3.05) is 11.9 Å². The minimum Gasteiger partial charge on any atom is -0.325 e. The summed E-state index contributed by atoms with van der Waals surface area (Å²) in [6, 6.07) is 2.95. The van der Waals surface area contributed by atoms with Crippen molar-refractivity contribution in [3.8, 4) is 0 Å². The van der Waals surface area contributed by atoms with Crippen LogP contribution in [0, 0.1) is 5.82 Å². The quantitative estimate of drug-likeness (QED) is 0.502. The summed E-state index contributed by atoms with van der Waals surface area (Å²) in [7, 11) is 0. The van der Waals surface area contributed by atoms with Gasteiger partial charge in [-0.1, -0.05) is 17.7 Å². The summed E-state index contributed by atoms with van der Waals surface area (Å²) in [6.45, 7) is 4.28. The van der Waals surface area contributed by atoms with E-state index in [1.165, 1.54) is 18.0 Å². The van der Waals surface area contributed by atoms with Gasteiger partial charge in [-0.2, -0.15) is 0 Å². The Morgan fingerprint density at radius 3 is 3.12 bits per heavy atom. The maximum atomic E-state index is 13.2. The van der Waals surface area contributed by atoms with Gasteiger partial charge < -0.3 is 5.32 Å². The summed E-state index contributed by atoms with van der Waals surface area (Å²) in [4.78, 5) is 5.05. The molecular formula is C11H11ClFN3S. The SMILES string of the molecule is C=CCCN=C1NSc2cc(F)c(Cl)cc2N1. The van der Waals surface area contributed by atoms with Gasteiger partial charge in [0.1, 0.15) is 5.82 Å². The molecule has 1 aromatic carbocycles. The van der Waals surface area contributed by atoms with E-state index < -0.39 is 5.82 Å². The van der Waals surface area contributed by atoms with Crippen LogP contribution in [0.5, 0.6) is 0 Å². The Balaban J connectivity index is 2.15. The van der Waals surface area contributed by atoms with Crippen LogP contribution in [-0.4, -0.2) is 12.5 Å². The van der Waals surface area contributed by atoms with Crippen LogP contribution in [0.4, 0.5) is 10.1 Å². The molecule has 0 amide bonds. The van der Waals surface area contributed by atoms with E-state index in [1.807, 2.05) is 0 Å². The highest BCUT2D eigenvalue weighted by atomic mass is 35.5. The molecule has 90 valence electrons. The zero-order valence-electron chi connectivity index (χ0n) is 8.96. The largest absolute Gasteiger partial charge is 0.325 e. The van der Waals surface area contributed by atoms with Crippen molar-refractivity contribution < 1.29 is 4.39 Å². The van der Waals surface area contributed by atoms with Crippen LogP contribution in [-0.2, 0) is 0 Å². The van der Waals surface area contributed by atoms with Crippen molar-refractivity contribution in [3.05, 3.63) is 35.6 Å². The highest BCUT2D eigenvalue weighted by Crippen LogP contribution is 2.32. The molecule has 3 nitrogen and oxygen atoms in total.